The minimum Gasteiger partial charge on any atom is -0.495 e. The third kappa shape index (κ3) is 4.29. The molecule has 3 rings (SSSR count). The number of hydrazine groups is 1. The van der Waals surface area contributed by atoms with Gasteiger partial charge in [-0.2, -0.15) is 0 Å². The highest BCUT2D eigenvalue weighted by Crippen LogP contribution is 2.38. The summed E-state index contributed by atoms with van der Waals surface area (Å²) in [7, 11) is 5.35. The van der Waals surface area contributed by atoms with Crippen LogP contribution in [-0.2, 0) is 6.54 Å². The first kappa shape index (κ1) is 19.0. The van der Waals surface area contributed by atoms with Crippen LogP contribution in [0.15, 0.2) is 30.5 Å². The van der Waals surface area contributed by atoms with E-state index in [-0.39, 0.29) is 0 Å². The maximum absolute atomic E-state index is 6.27. The summed E-state index contributed by atoms with van der Waals surface area (Å²) in [5, 5.41) is 5.21. The lowest BCUT2D eigenvalue weighted by Crippen LogP contribution is -2.42. The molecule has 1 aromatic carbocycles. The Balaban J connectivity index is 1.83. The van der Waals surface area contributed by atoms with E-state index in [1.54, 1.807) is 14.2 Å². The van der Waals surface area contributed by atoms with E-state index < -0.39 is 0 Å². The van der Waals surface area contributed by atoms with Gasteiger partial charge in [0, 0.05) is 38.4 Å². The van der Waals surface area contributed by atoms with Crippen LogP contribution in [0.2, 0.25) is 5.02 Å². The van der Waals surface area contributed by atoms with Crippen LogP contribution in [0.3, 0.4) is 0 Å². The average molecular weight is 376 g/mol. The molecule has 0 amide bonds. The molecule has 2 aromatic rings. The lowest BCUT2D eigenvalue weighted by atomic mass is 10.1. The van der Waals surface area contributed by atoms with Gasteiger partial charge in [0.05, 0.1) is 19.9 Å². The van der Waals surface area contributed by atoms with Gasteiger partial charge >= 0.3 is 0 Å². The second kappa shape index (κ2) is 8.71. The standard InChI is InChI=1S/C20H26ClN3O2/c1-23(24-9-5-4-6-10-24)14-15-7-8-22-17(11-15)16-12-18(25-2)20(21)19(13-16)26-3/h7-8,11-13H,4-6,9-10,14H2,1-3H3. The first-order valence-corrected chi connectivity index (χ1v) is 9.33. The zero-order chi connectivity index (χ0) is 18.5. The van der Waals surface area contributed by atoms with E-state index in [9.17, 15) is 0 Å². The van der Waals surface area contributed by atoms with E-state index in [2.05, 4.69) is 34.2 Å². The van der Waals surface area contributed by atoms with Crippen molar-refractivity contribution >= 4 is 11.6 Å². The molecule has 0 atom stereocenters. The van der Waals surface area contributed by atoms with Crippen LogP contribution in [-0.4, -0.2) is 49.4 Å². The number of aromatic nitrogens is 1. The molecule has 0 radical (unpaired) electrons. The van der Waals surface area contributed by atoms with Crippen LogP contribution in [0.1, 0.15) is 24.8 Å². The molecule has 1 aliphatic rings. The number of ether oxygens (including phenoxy) is 2. The molecule has 140 valence electrons. The minimum absolute atomic E-state index is 0.472. The lowest BCUT2D eigenvalue weighted by Gasteiger charge is -2.34. The molecule has 0 aliphatic carbocycles. The average Bonchev–Trinajstić information content (AvgIpc) is 2.69. The molecule has 26 heavy (non-hydrogen) atoms. The summed E-state index contributed by atoms with van der Waals surface area (Å²) < 4.78 is 10.7. The highest BCUT2D eigenvalue weighted by molar-refractivity contribution is 6.33. The summed E-state index contributed by atoms with van der Waals surface area (Å²) in [5.41, 5.74) is 3.02. The van der Waals surface area contributed by atoms with Gasteiger partial charge in [0.2, 0.25) is 0 Å². The van der Waals surface area contributed by atoms with Crippen molar-refractivity contribution in [3.8, 4) is 22.8 Å². The fraction of sp³-hybridized carbons (Fsp3) is 0.450. The van der Waals surface area contributed by atoms with E-state index in [0.29, 0.717) is 16.5 Å². The second-order valence-electron chi connectivity index (χ2n) is 6.57. The van der Waals surface area contributed by atoms with Crippen molar-refractivity contribution in [1.82, 2.24) is 15.0 Å². The number of halogens is 1. The van der Waals surface area contributed by atoms with Crippen molar-refractivity contribution < 1.29 is 9.47 Å². The first-order valence-electron chi connectivity index (χ1n) is 8.95. The van der Waals surface area contributed by atoms with E-state index in [0.717, 1.165) is 30.9 Å². The summed E-state index contributed by atoms with van der Waals surface area (Å²) in [4.78, 5) is 4.52. The van der Waals surface area contributed by atoms with Crippen LogP contribution in [0.5, 0.6) is 11.5 Å². The van der Waals surface area contributed by atoms with Gasteiger partial charge in [0.25, 0.3) is 0 Å². The molecule has 6 heteroatoms. The van der Waals surface area contributed by atoms with Gasteiger partial charge in [-0.05, 0) is 42.7 Å². The lowest BCUT2D eigenvalue weighted by molar-refractivity contribution is -0.0234. The van der Waals surface area contributed by atoms with Crippen molar-refractivity contribution in [3.63, 3.8) is 0 Å². The quantitative estimate of drug-likeness (QED) is 0.754. The Hall–Kier alpha value is -1.82. The topological polar surface area (TPSA) is 37.8 Å². The number of pyridine rings is 1. The predicted molar refractivity (Wildman–Crippen MR) is 105 cm³/mol. The number of rotatable bonds is 6. The SMILES string of the molecule is COc1cc(-c2cc(CN(C)N3CCCCC3)ccn2)cc(OC)c1Cl. The molecule has 1 aromatic heterocycles. The fourth-order valence-electron chi connectivity index (χ4n) is 3.33. The smallest absolute Gasteiger partial charge is 0.141 e. The number of hydrogen-bond donors (Lipinski definition) is 0. The van der Waals surface area contributed by atoms with Crippen LogP contribution >= 0.6 is 11.6 Å². The van der Waals surface area contributed by atoms with E-state index in [1.807, 2.05) is 18.3 Å². The van der Waals surface area contributed by atoms with E-state index in [4.69, 9.17) is 21.1 Å². The Morgan fingerprint density at radius 3 is 2.35 bits per heavy atom. The number of nitrogens with zero attached hydrogens (tertiary/aromatic N) is 3. The molecule has 0 spiro atoms. The molecule has 1 aliphatic heterocycles. The summed E-state index contributed by atoms with van der Waals surface area (Å²) in [6.07, 6.45) is 5.73. The molecule has 0 bridgehead atoms. The summed E-state index contributed by atoms with van der Waals surface area (Å²) in [5.74, 6) is 1.16. The zero-order valence-electron chi connectivity index (χ0n) is 15.7. The van der Waals surface area contributed by atoms with Crippen LogP contribution in [0, 0.1) is 0 Å². The van der Waals surface area contributed by atoms with Crippen molar-refractivity contribution in [1.29, 1.82) is 0 Å². The maximum Gasteiger partial charge on any atom is 0.141 e. The van der Waals surface area contributed by atoms with Crippen molar-refractivity contribution in [2.75, 3.05) is 34.4 Å². The van der Waals surface area contributed by atoms with E-state index >= 15 is 0 Å². The third-order valence-electron chi connectivity index (χ3n) is 4.79. The second-order valence-corrected chi connectivity index (χ2v) is 6.95. The Kier molecular flexibility index (Phi) is 6.35. The molecule has 2 heterocycles. The summed E-state index contributed by atoms with van der Waals surface area (Å²) in [6, 6.07) is 7.97. The molecule has 0 saturated carbocycles. The number of benzene rings is 1. The van der Waals surface area contributed by atoms with Gasteiger partial charge < -0.3 is 9.47 Å². The molecular formula is C20H26ClN3O2. The fourth-order valence-corrected chi connectivity index (χ4v) is 3.59. The van der Waals surface area contributed by atoms with E-state index in [1.165, 1.54) is 24.8 Å². The highest BCUT2D eigenvalue weighted by atomic mass is 35.5. The first-order chi connectivity index (χ1) is 12.6. The molecule has 1 saturated heterocycles. The van der Waals surface area contributed by atoms with Gasteiger partial charge in [0.1, 0.15) is 16.5 Å². The molecular weight excluding hydrogens is 350 g/mol. The molecule has 0 unspecified atom stereocenters. The van der Waals surface area contributed by atoms with Gasteiger partial charge in [-0.1, -0.05) is 18.0 Å². The van der Waals surface area contributed by atoms with Crippen molar-refractivity contribution in [2.45, 2.75) is 25.8 Å². The van der Waals surface area contributed by atoms with Gasteiger partial charge in [0.15, 0.2) is 0 Å². The minimum atomic E-state index is 0.472. The van der Waals surface area contributed by atoms with Crippen molar-refractivity contribution in [2.24, 2.45) is 0 Å². The maximum atomic E-state index is 6.27. The molecule has 0 N–H and O–H groups in total. The Morgan fingerprint density at radius 2 is 1.73 bits per heavy atom. The van der Waals surface area contributed by atoms with Crippen LogP contribution in [0.25, 0.3) is 11.3 Å². The monoisotopic (exact) mass is 375 g/mol. The van der Waals surface area contributed by atoms with Crippen LogP contribution < -0.4 is 9.47 Å². The normalized spacial score (nSPS) is 15.3. The number of hydrogen-bond acceptors (Lipinski definition) is 5. The summed E-state index contributed by atoms with van der Waals surface area (Å²) >= 11 is 6.27. The molecule has 5 nitrogen and oxygen atoms in total. The van der Waals surface area contributed by atoms with Crippen LogP contribution in [0.4, 0.5) is 0 Å². The largest absolute Gasteiger partial charge is 0.495 e. The molecule has 1 fully saturated rings. The van der Waals surface area contributed by atoms with Gasteiger partial charge in [-0.3, -0.25) is 4.98 Å². The Labute approximate surface area is 160 Å². The Morgan fingerprint density at radius 1 is 1.08 bits per heavy atom. The number of methoxy groups -OCH3 is 2. The number of piperidine rings is 1. The van der Waals surface area contributed by atoms with Gasteiger partial charge in [-0.15, -0.1) is 0 Å². The summed E-state index contributed by atoms with van der Waals surface area (Å²) in [6.45, 7) is 3.14. The Bertz CT molecular complexity index is 723. The zero-order valence-corrected chi connectivity index (χ0v) is 16.4. The van der Waals surface area contributed by atoms with Crippen molar-refractivity contribution in [3.05, 3.63) is 41.0 Å². The predicted octanol–water partition coefficient (Wildman–Crippen LogP) is 4.25. The van der Waals surface area contributed by atoms with Gasteiger partial charge in [-0.25, -0.2) is 10.0 Å². The third-order valence-corrected chi connectivity index (χ3v) is 5.17. The highest BCUT2D eigenvalue weighted by Gasteiger charge is 2.16.